The van der Waals surface area contributed by atoms with Gasteiger partial charge in [-0.2, -0.15) is 0 Å². The molecule has 0 atom stereocenters. The summed E-state index contributed by atoms with van der Waals surface area (Å²) < 4.78 is 11.3. The maximum atomic E-state index is 5.71. The molecule has 3 rings (SSSR count). The molecule has 0 aliphatic rings. The lowest BCUT2D eigenvalue weighted by atomic mass is 10.1. The van der Waals surface area contributed by atoms with Crippen molar-refractivity contribution in [2.24, 2.45) is 4.99 Å². The number of oxazole rings is 1. The molecule has 0 spiro atoms. The van der Waals surface area contributed by atoms with Crippen LogP contribution in [0.1, 0.15) is 16.8 Å². The Morgan fingerprint density at radius 3 is 2.31 bits per heavy atom. The monoisotopic (exact) mass is 506 g/mol. The fourth-order valence-electron chi connectivity index (χ4n) is 2.58. The van der Waals surface area contributed by atoms with Crippen molar-refractivity contribution in [3.8, 4) is 17.2 Å². The average Bonchev–Trinajstić information content (AvgIpc) is 3.18. The molecule has 29 heavy (non-hydrogen) atoms. The quantitative estimate of drug-likeness (QED) is 0.216. The van der Waals surface area contributed by atoms with E-state index in [1.165, 1.54) is 11.1 Å². The number of halogens is 1. The van der Waals surface area contributed by atoms with Crippen LogP contribution >= 0.6 is 24.0 Å². The van der Waals surface area contributed by atoms with Crippen LogP contribution in [0.3, 0.4) is 0 Å². The lowest BCUT2D eigenvalue weighted by molar-refractivity contribution is 0.322. The largest absolute Gasteiger partial charge is 0.492 e. The highest BCUT2D eigenvalue weighted by molar-refractivity contribution is 14.0. The van der Waals surface area contributed by atoms with E-state index in [0.29, 0.717) is 31.5 Å². The van der Waals surface area contributed by atoms with Gasteiger partial charge in [-0.15, -0.1) is 24.0 Å². The first-order valence-electron chi connectivity index (χ1n) is 9.29. The minimum atomic E-state index is 0. The van der Waals surface area contributed by atoms with Crippen LogP contribution in [0.2, 0.25) is 0 Å². The van der Waals surface area contributed by atoms with Crippen LogP contribution in [0, 0.1) is 13.8 Å². The van der Waals surface area contributed by atoms with Crippen LogP contribution in [0.4, 0.5) is 0 Å². The molecule has 3 aromatic rings. The van der Waals surface area contributed by atoms with Gasteiger partial charge in [0.2, 0.25) is 5.89 Å². The molecule has 0 aliphatic carbocycles. The zero-order valence-corrected chi connectivity index (χ0v) is 19.3. The van der Waals surface area contributed by atoms with Crippen molar-refractivity contribution in [1.82, 2.24) is 15.6 Å². The number of benzene rings is 2. The topological polar surface area (TPSA) is 71.7 Å². The predicted octanol–water partition coefficient (Wildman–Crippen LogP) is 4.32. The van der Waals surface area contributed by atoms with E-state index in [1.807, 2.05) is 48.5 Å². The second-order valence-corrected chi connectivity index (χ2v) is 6.52. The maximum absolute atomic E-state index is 5.71. The van der Waals surface area contributed by atoms with Gasteiger partial charge in [-0.05, 0) is 38.1 Å². The van der Waals surface area contributed by atoms with Crippen molar-refractivity contribution in [3.63, 3.8) is 0 Å². The van der Waals surface area contributed by atoms with Crippen LogP contribution in [0.5, 0.6) is 5.75 Å². The summed E-state index contributed by atoms with van der Waals surface area (Å²) in [5.41, 5.74) is 4.20. The number of nitrogens with zero attached hydrogens (tertiary/aromatic N) is 2. The Balaban J connectivity index is 0.00000300. The van der Waals surface area contributed by atoms with Gasteiger partial charge < -0.3 is 19.8 Å². The third-order valence-electron chi connectivity index (χ3n) is 4.20. The van der Waals surface area contributed by atoms with Crippen LogP contribution in [-0.4, -0.2) is 31.1 Å². The van der Waals surface area contributed by atoms with Crippen LogP contribution < -0.4 is 15.4 Å². The number of aryl methyl sites for hydroxylation is 2. The van der Waals surface area contributed by atoms with Crippen LogP contribution in [0.25, 0.3) is 11.5 Å². The molecule has 0 unspecified atom stereocenters. The van der Waals surface area contributed by atoms with E-state index in [1.54, 1.807) is 13.3 Å². The van der Waals surface area contributed by atoms with Crippen molar-refractivity contribution in [2.45, 2.75) is 20.4 Å². The van der Waals surface area contributed by atoms with Gasteiger partial charge in [0.1, 0.15) is 18.6 Å². The molecule has 0 fully saturated rings. The second-order valence-electron chi connectivity index (χ2n) is 6.52. The van der Waals surface area contributed by atoms with E-state index < -0.39 is 0 Å². The molecule has 154 valence electrons. The highest BCUT2D eigenvalue weighted by Gasteiger charge is 2.07. The predicted molar refractivity (Wildman–Crippen MR) is 127 cm³/mol. The number of rotatable bonds is 7. The van der Waals surface area contributed by atoms with Crippen LogP contribution in [0.15, 0.2) is 64.2 Å². The van der Waals surface area contributed by atoms with E-state index in [-0.39, 0.29) is 24.0 Å². The van der Waals surface area contributed by atoms with Gasteiger partial charge in [-0.1, -0.05) is 35.4 Å². The molecule has 2 aromatic carbocycles. The fraction of sp³-hybridized carbons (Fsp3) is 0.273. The molecule has 1 heterocycles. The van der Waals surface area contributed by atoms with E-state index in [9.17, 15) is 0 Å². The van der Waals surface area contributed by atoms with Gasteiger partial charge >= 0.3 is 0 Å². The summed E-state index contributed by atoms with van der Waals surface area (Å²) in [6, 6.07) is 16.1. The van der Waals surface area contributed by atoms with Crippen molar-refractivity contribution < 1.29 is 9.15 Å². The summed E-state index contributed by atoms with van der Waals surface area (Å²) >= 11 is 0. The van der Waals surface area contributed by atoms with Crippen molar-refractivity contribution in [1.29, 1.82) is 0 Å². The van der Waals surface area contributed by atoms with Gasteiger partial charge in [-0.25, -0.2) is 4.98 Å². The van der Waals surface area contributed by atoms with Crippen molar-refractivity contribution in [2.75, 3.05) is 20.2 Å². The summed E-state index contributed by atoms with van der Waals surface area (Å²) in [4.78, 5) is 8.74. The van der Waals surface area contributed by atoms with E-state index >= 15 is 0 Å². The van der Waals surface area contributed by atoms with Crippen molar-refractivity contribution in [3.05, 3.63) is 71.6 Å². The summed E-state index contributed by atoms with van der Waals surface area (Å²) in [6.45, 7) is 5.82. The van der Waals surface area contributed by atoms with Gasteiger partial charge in [0.15, 0.2) is 5.96 Å². The lowest BCUT2D eigenvalue weighted by Gasteiger charge is -2.11. The molecule has 0 amide bonds. The number of aliphatic imine (C=N–C) groups is 1. The normalized spacial score (nSPS) is 10.9. The number of guanidine groups is 1. The Morgan fingerprint density at radius 1 is 1.00 bits per heavy atom. The zero-order chi connectivity index (χ0) is 19.8. The summed E-state index contributed by atoms with van der Waals surface area (Å²) in [6.07, 6.45) is 1.66. The van der Waals surface area contributed by atoms with Gasteiger partial charge in [0.25, 0.3) is 0 Å². The molecule has 0 bridgehead atoms. The minimum Gasteiger partial charge on any atom is -0.492 e. The van der Waals surface area contributed by atoms with E-state index in [0.717, 1.165) is 17.0 Å². The first-order valence-corrected chi connectivity index (χ1v) is 9.29. The first kappa shape index (κ1) is 22.7. The Morgan fingerprint density at radius 2 is 1.66 bits per heavy atom. The van der Waals surface area contributed by atoms with Gasteiger partial charge in [0, 0.05) is 12.6 Å². The standard InChI is InChI=1S/C22H26N4O2.HI/c1-16-4-8-18(9-5-16)21-26-19(15-28-21)14-25-22(23-3)24-12-13-27-20-10-6-17(2)7-11-20;/h4-11,15H,12-14H2,1-3H3,(H2,23,24,25);1H. The van der Waals surface area contributed by atoms with Gasteiger partial charge in [-0.3, -0.25) is 4.99 Å². The number of nitrogens with one attached hydrogen (secondary N) is 2. The molecule has 1 aromatic heterocycles. The molecular formula is C22H27IN4O2. The Hall–Kier alpha value is -2.55. The summed E-state index contributed by atoms with van der Waals surface area (Å²) in [5.74, 6) is 2.17. The summed E-state index contributed by atoms with van der Waals surface area (Å²) in [7, 11) is 1.73. The fourth-order valence-corrected chi connectivity index (χ4v) is 2.58. The number of aromatic nitrogens is 1. The SMILES string of the molecule is CN=C(NCCOc1ccc(C)cc1)NCc1coc(-c2ccc(C)cc2)n1.I. The maximum Gasteiger partial charge on any atom is 0.226 e. The molecule has 0 saturated carbocycles. The molecule has 6 nitrogen and oxygen atoms in total. The smallest absolute Gasteiger partial charge is 0.226 e. The molecular weight excluding hydrogens is 479 g/mol. The molecule has 0 aliphatic heterocycles. The number of hydrogen-bond donors (Lipinski definition) is 2. The van der Waals surface area contributed by atoms with Crippen LogP contribution in [-0.2, 0) is 6.54 Å². The Bertz CT molecular complexity index is 905. The Kier molecular flexibility index (Phi) is 8.98. The number of hydrogen-bond acceptors (Lipinski definition) is 4. The Labute approximate surface area is 188 Å². The highest BCUT2D eigenvalue weighted by Crippen LogP contribution is 2.19. The number of ether oxygens (including phenoxy) is 1. The third kappa shape index (κ3) is 7.08. The minimum absolute atomic E-state index is 0. The average molecular weight is 506 g/mol. The van der Waals surface area contributed by atoms with Gasteiger partial charge in [0.05, 0.1) is 18.8 Å². The zero-order valence-electron chi connectivity index (χ0n) is 16.9. The van der Waals surface area contributed by atoms with E-state index in [4.69, 9.17) is 9.15 Å². The second kappa shape index (κ2) is 11.5. The molecule has 0 radical (unpaired) electrons. The highest BCUT2D eigenvalue weighted by atomic mass is 127. The van der Waals surface area contributed by atoms with Crippen molar-refractivity contribution >= 4 is 29.9 Å². The molecule has 7 heteroatoms. The summed E-state index contributed by atoms with van der Waals surface area (Å²) in [5, 5.41) is 6.45. The molecule has 0 saturated heterocycles. The first-order chi connectivity index (χ1) is 13.6. The third-order valence-corrected chi connectivity index (χ3v) is 4.20. The molecule has 2 N–H and O–H groups in total. The lowest BCUT2D eigenvalue weighted by Crippen LogP contribution is -2.38. The van der Waals surface area contributed by atoms with E-state index in [2.05, 4.69) is 34.5 Å².